The molecular weight excluding hydrogens is 286 g/mol. The lowest BCUT2D eigenvalue weighted by atomic mass is 9.96. The summed E-state index contributed by atoms with van der Waals surface area (Å²) in [5.41, 5.74) is 7.08. The summed E-state index contributed by atoms with van der Waals surface area (Å²) in [5.74, 6) is 0.157. The van der Waals surface area contributed by atoms with Gasteiger partial charge in [0.15, 0.2) is 0 Å². The maximum atomic E-state index is 12.4. The van der Waals surface area contributed by atoms with Crippen LogP contribution in [0.2, 0.25) is 5.02 Å². The largest absolute Gasteiger partial charge is 0.330 e. The Kier molecular flexibility index (Phi) is 5.15. The monoisotopic (exact) mass is 305 g/mol. The number of amides is 1. The number of carbonyl (C=O) groups excluding carboxylic acids is 1. The van der Waals surface area contributed by atoms with Crippen LogP contribution in [0.4, 0.5) is 5.69 Å². The van der Waals surface area contributed by atoms with Crippen molar-refractivity contribution in [2.45, 2.75) is 20.3 Å². The number of fused-ring (bicyclic) bond motifs is 1. The molecule has 1 unspecified atom stereocenters. The van der Waals surface area contributed by atoms with Crippen LogP contribution in [-0.4, -0.2) is 17.4 Å². The second-order valence-electron chi connectivity index (χ2n) is 5.55. The maximum absolute atomic E-state index is 12.4. The highest BCUT2D eigenvalue weighted by Gasteiger charge is 2.19. The SMILES string of the molecule is CC(C)CC(CN)C(=O)Nc1ccc(Cl)c2cccnc12. The second kappa shape index (κ2) is 6.87. The van der Waals surface area contributed by atoms with Crippen LogP contribution in [0.3, 0.4) is 0 Å². The molecule has 1 aromatic carbocycles. The van der Waals surface area contributed by atoms with E-state index < -0.39 is 0 Å². The number of benzene rings is 1. The molecule has 2 aromatic rings. The molecule has 0 bridgehead atoms. The third kappa shape index (κ3) is 3.71. The molecule has 5 heteroatoms. The Bertz CT molecular complexity index is 642. The highest BCUT2D eigenvalue weighted by molar-refractivity contribution is 6.35. The van der Waals surface area contributed by atoms with Crippen molar-refractivity contribution in [1.29, 1.82) is 0 Å². The molecule has 0 saturated heterocycles. The molecule has 0 aliphatic rings. The summed E-state index contributed by atoms with van der Waals surface area (Å²) < 4.78 is 0. The van der Waals surface area contributed by atoms with Crippen molar-refractivity contribution >= 4 is 34.1 Å². The fraction of sp³-hybridized carbons (Fsp3) is 0.375. The molecule has 0 radical (unpaired) electrons. The first kappa shape index (κ1) is 15.7. The van der Waals surface area contributed by atoms with Gasteiger partial charge < -0.3 is 11.1 Å². The zero-order valence-electron chi connectivity index (χ0n) is 12.3. The van der Waals surface area contributed by atoms with Gasteiger partial charge in [0.05, 0.1) is 22.1 Å². The minimum absolute atomic E-state index is 0.0690. The van der Waals surface area contributed by atoms with Crippen molar-refractivity contribution in [2.24, 2.45) is 17.6 Å². The number of nitrogens with zero attached hydrogens (tertiary/aromatic N) is 1. The molecule has 2 rings (SSSR count). The zero-order chi connectivity index (χ0) is 15.4. The first-order valence-corrected chi connectivity index (χ1v) is 7.45. The molecule has 4 nitrogen and oxygen atoms in total. The van der Waals surface area contributed by atoms with E-state index in [2.05, 4.69) is 24.1 Å². The number of carbonyl (C=O) groups is 1. The molecular formula is C16H20ClN3O. The number of anilines is 1. The van der Waals surface area contributed by atoms with E-state index >= 15 is 0 Å². The van der Waals surface area contributed by atoms with Crippen molar-refractivity contribution in [1.82, 2.24) is 4.98 Å². The van der Waals surface area contributed by atoms with Gasteiger partial charge in [-0.25, -0.2) is 0 Å². The molecule has 1 atom stereocenters. The molecule has 0 spiro atoms. The van der Waals surface area contributed by atoms with Crippen molar-refractivity contribution in [2.75, 3.05) is 11.9 Å². The van der Waals surface area contributed by atoms with Gasteiger partial charge in [0.2, 0.25) is 5.91 Å². The fourth-order valence-corrected chi connectivity index (χ4v) is 2.57. The first-order chi connectivity index (χ1) is 10.0. The van der Waals surface area contributed by atoms with Gasteiger partial charge in [0, 0.05) is 18.1 Å². The van der Waals surface area contributed by atoms with Gasteiger partial charge in [0.25, 0.3) is 0 Å². The normalized spacial score (nSPS) is 12.6. The van der Waals surface area contributed by atoms with E-state index in [1.54, 1.807) is 18.3 Å². The smallest absolute Gasteiger partial charge is 0.228 e. The number of hydrogen-bond acceptors (Lipinski definition) is 3. The van der Waals surface area contributed by atoms with E-state index in [-0.39, 0.29) is 11.8 Å². The van der Waals surface area contributed by atoms with E-state index in [0.717, 1.165) is 11.8 Å². The molecule has 3 N–H and O–H groups in total. The van der Waals surface area contributed by atoms with E-state index in [0.29, 0.717) is 28.7 Å². The third-order valence-electron chi connectivity index (χ3n) is 3.39. The minimum atomic E-state index is -0.195. The maximum Gasteiger partial charge on any atom is 0.228 e. The molecule has 112 valence electrons. The molecule has 0 aliphatic heterocycles. The number of aromatic nitrogens is 1. The lowest BCUT2D eigenvalue weighted by Gasteiger charge is -2.17. The third-order valence-corrected chi connectivity index (χ3v) is 3.72. The van der Waals surface area contributed by atoms with Crippen LogP contribution in [0, 0.1) is 11.8 Å². The molecule has 21 heavy (non-hydrogen) atoms. The highest BCUT2D eigenvalue weighted by Crippen LogP contribution is 2.28. The van der Waals surface area contributed by atoms with Crippen molar-refractivity contribution in [3.8, 4) is 0 Å². The van der Waals surface area contributed by atoms with Crippen LogP contribution in [0.15, 0.2) is 30.5 Å². The summed E-state index contributed by atoms with van der Waals surface area (Å²) in [6.07, 6.45) is 2.45. The van der Waals surface area contributed by atoms with Gasteiger partial charge in [-0.1, -0.05) is 25.4 Å². The van der Waals surface area contributed by atoms with Gasteiger partial charge in [-0.3, -0.25) is 9.78 Å². The predicted octanol–water partition coefficient (Wildman–Crippen LogP) is 3.45. The summed E-state index contributed by atoms with van der Waals surface area (Å²) in [4.78, 5) is 16.7. The quantitative estimate of drug-likeness (QED) is 0.889. The van der Waals surface area contributed by atoms with Crippen molar-refractivity contribution in [3.63, 3.8) is 0 Å². The number of pyridine rings is 1. The topological polar surface area (TPSA) is 68.0 Å². The number of rotatable bonds is 5. The summed E-state index contributed by atoms with van der Waals surface area (Å²) in [6, 6.07) is 7.25. The molecule has 0 aliphatic carbocycles. The number of nitrogens with one attached hydrogen (secondary N) is 1. The standard InChI is InChI=1S/C16H20ClN3O/c1-10(2)8-11(9-18)16(21)20-14-6-5-13(17)12-4-3-7-19-15(12)14/h3-7,10-11H,8-9,18H2,1-2H3,(H,20,21). The lowest BCUT2D eigenvalue weighted by molar-refractivity contribution is -0.120. The van der Waals surface area contributed by atoms with Crippen LogP contribution >= 0.6 is 11.6 Å². The minimum Gasteiger partial charge on any atom is -0.330 e. The Hall–Kier alpha value is -1.65. The Labute approximate surface area is 129 Å². The highest BCUT2D eigenvalue weighted by atomic mass is 35.5. The van der Waals surface area contributed by atoms with Crippen molar-refractivity contribution < 1.29 is 4.79 Å². The Morgan fingerprint density at radius 3 is 2.81 bits per heavy atom. The molecule has 1 heterocycles. The summed E-state index contributed by atoms with van der Waals surface area (Å²) >= 11 is 6.15. The molecule has 1 amide bonds. The van der Waals surface area contributed by atoms with E-state index in [9.17, 15) is 4.79 Å². The summed E-state index contributed by atoms with van der Waals surface area (Å²) in [5, 5.41) is 4.37. The fourth-order valence-electron chi connectivity index (χ4n) is 2.35. The lowest BCUT2D eigenvalue weighted by Crippen LogP contribution is -2.30. The van der Waals surface area contributed by atoms with Crippen LogP contribution in [-0.2, 0) is 4.79 Å². The van der Waals surface area contributed by atoms with E-state index in [4.69, 9.17) is 17.3 Å². The number of hydrogen-bond donors (Lipinski definition) is 2. The average molecular weight is 306 g/mol. The van der Waals surface area contributed by atoms with Gasteiger partial charge >= 0.3 is 0 Å². The predicted molar refractivity (Wildman–Crippen MR) is 87.4 cm³/mol. The summed E-state index contributed by atoms with van der Waals surface area (Å²) in [7, 11) is 0. The van der Waals surface area contributed by atoms with E-state index in [1.165, 1.54) is 0 Å². The molecule has 1 aromatic heterocycles. The number of nitrogens with two attached hydrogens (primary N) is 1. The van der Waals surface area contributed by atoms with Crippen molar-refractivity contribution in [3.05, 3.63) is 35.5 Å². The van der Waals surface area contributed by atoms with Gasteiger partial charge in [-0.15, -0.1) is 0 Å². The summed E-state index contributed by atoms with van der Waals surface area (Å²) in [6.45, 7) is 4.49. The Balaban J connectivity index is 2.27. The Morgan fingerprint density at radius 2 is 2.14 bits per heavy atom. The molecule has 0 saturated carbocycles. The van der Waals surface area contributed by atoms with Crippen LogP contribution in [0.5, 0.6) is 0 Å². The first-order valence-electron chi connectivity index (χ1n) is 7.07. The van der Waals surface area contributed by atoms with Gasteiger partial charge in [-0.2, -0.15) is 0 Å². The average Bonchev–Trinajstić information content (AvgIpc) is 2.47. The second-order valence-corrected chi connectivity index (χ2v) is 5.95. The van der Waals surface area contributed by atoms with Crippen LogP contribution in [0.1, 0.15) is 20.3 Å². The zero-order valence-corrected chi connectivity index (χ0v) is 13.0. The van der Waals surface area contributed by atoms with E-state index in [1.807, 2.05) is 12.1 Å². The number of halogens is 1. The molecule has 0 fully saturated rings. The van der Waals surface area contributed by atoms with Crippen LogP contribution < -0.4 is 11.1 Å². The van der Waals surface area contributed by atoms with Crippen LogP contribution in [0.25, 0.3) is 10.9 Å². The van der Waals surface area contributed by atoms with Gasteiger partial charge in [-0.05, 0) is 36.6 Å². The Morgan fingerprint density at radius 1 is 1.38 bits per heavy atom. The van der Waals surface area contributed by atoms with Gasteiger partial charge in [0.1, 0.15) is 0 Å².